The van der Waals surface area contributed by atoms with Crippen LogP contribution in [-0.4, -0.2) is 17.3 Å². The summed E-state index contributed by atoms with van der Waals surface area (Å²) in [5, 5.41) is 2.78. The van der Waals surface area contributed by atoms with Gasteiger partial charge in [0.15, 0.2) is 0 Å². The van der Waals surface area contributed by atoms with E-state index in [1.165, 1.54) is 11.3 Å². The number of aromatic nitrogens is 1. The molecule has 0 unspecified atom stereocenters. The molecule has 0 aliphatic rings. The number of rotatable bonds is 3. The number of carbonyl (C=O) groups excluding carboxylic acids is 1. The second kappa shape index (κ2) is 3.43. The number of nitrogens with two attached hydrogens (primary N) is 1. The average molecular weight is 156 g/mol. The molecule has 0 aliphatic carbocycles. The monoisotopic (exact) mass is 156 g/mol. The first-order valence-corrected chi connectivity index (χ1v) is 3.80. The minimum Gasteiger partial charge on any atom is -0.321 e. The number of carbonyl (C=O) groups is 1. The van der Waals surface area contributed by atoms with E-state index in [0.717, 1.165) is 11.3 Å². The van der Waals surface area contributed by atoms with Gasteiger partial charge < -0.3 is 10.5 Å². The highest BCUT2D eigenvalue weighted by Gasteiger charge is 2.02. The molecule has 0 saturated heterocycles. The Bertz CT molecular complexity index is 198. The van der Waals surface area contributed by atoms with Crippen molar-refractivity contribution in [3.63, 3.8) is 0 Å². The van der Waals surface area contributed by atoms with E-state index in [2.05, 4.69) is 4.98 Å². The molecule has 1 rings (SSSR count). The molecule has 1 atom stereocenters. The smallest absolute Gasteiger partial charge is 0.137 e. The number of nitrogens with zero attached hydrogens (tertiary/aromatic N) is 1. The van der Waals surface area contributed by atoms with Crippen molar-refractivity contribution < 1.29 is 4.79 Å². The van der Waals surface area contributed by atoms with Gasteiger partial charge in [0.2, 0.25) is 0 Å². The van der Waals surface area contributed by atoms with E-state index in [4.69, 9.17) is 5.73 Å². The van der Waals surface area contributed by atoms with Crippen molar-refractivity contribution >= 4 is 17.6 Å². The molecular formula is C6H8N2OS. The molecule has 0 aromatic carbocycles. The molecule has 0 spiro atoms. The minimum absolute atomic E-state index is 0.397. The van der Waals surface area contributed by atoms with E-state index < -0.39 is 6.04 Å². The Labute approximate surface area is 62.9 Å². The molecule has 54 valence electrons. The Hall–Kier alpha value is -0.740. The Morgan fingerprint density at radius 2 is 2.70 bits per heavy atom. The SMILES string of the molecule is N[C@@H](C=O)Cc1nccs1. The molecule has 0 bridgehead atoms. The molecular weight excluding hydrogens is 148 g/mol. The molecule has 2 N–H and O–H groups in total. The van der Waals surface area contributed by atoms with Crippen molar-refractivity contribution in [1.29, 1.82) is 0 Å². The largest absolute Gasteiger partial charge is 0.321 e. The molecule has 0 aliphatic heterocycles. The average Bonchev–Trinajstić information content (AvgIpc) is 2.40. The third-order valence-electron chi connectivity index (χ3n) is 1.07. The van der Waals surface area contributed by atoms with Crippen molar-refractivity contribution in [1.82, 2.24) is 4.98 Å². The second-order valence-electron chi connectivity index (χ2n) is 1.93. The van der Waals surface area contributed by atoms with Gasteiger partial charge in [-0.05, 0) is 0 Å². The summed E-state index contributed by atoms with van der Waals surface area (Å²) in [6, 6.07) is -0.397. The maximum absolute atomic E-state index is 10.1. The first-order valence-electron chi connectivity index (χ1n) is 2.92. The zero-order valence-corrected chi connectivity index (χ0v) is 6.17. The minimum atomic E-state index is -0.397. The Kier molecular flexibility index (Phi) is 2.53. The van der Waals surface area contributed by atoms with E-state index in [-0.39, 0.29) is 0 Å². The molecule has 0 radical (unpaired) electrons. The summed E-state index contributed by atoms with van der Waals surface area (Å²) in [4.78, 5) is 14.1. The molecule has 0 fully saturated rings. The van der Waals surface area contributed by atoms with E-state index in [9.17, 15) is 4.79 Å². The van der Waals surface area contributed by atoms with Gasteiger partial charge in [0.05, 0.1) is 11.0 Å². The van der Waals surface area contributed by atoms with Gasteiger partial charge >= 0.3 is 0 Å². The Morgan fingerprint density at radius 3 is 3.20 bits per heavy atom. The van der Waals surface area contributed by atoms with E-state index in [0.29, 0.717) is 6.42 Å². The standard InChI is InChI=1S/C6H8N2OS/c7-5(4-9)3-6-8-1-2-10-6/h1-2,4-5H,3,7H2/t5-/m1/s1. The Morgan fingerprint density at radius 1 is 1.90 bits per heavy atom. The highest BCUT2D eigenvalue weighted by molar-refractivity contribution is 7.09. The van der Waals surface area contributed by atoms with Crippen molar-refractivity contribution in [2.75, 3.05) is 0 Å². The predicted molar refractivity (Wildman–Crippen MR) is 39.9 cm³/mol. The summed E-state index contributed by atoms with van der Waals surface area (Å²) in [6.45, 7) is 0. The number of thiazole rings is 1. The van der Waals surface area contributed by atoms with Crippen LogP contribution >= 0.6 is 11.3 Å². The van der Waals surface area contributed by atoms with Crippen LogP contribution in [0.3, 0.4) is 0 Å². The van der Waals surface area contributed by atoms with Crippen LogP contribution in [0.1, 0.15) is 5.01 Å². The van der Waals surface area contributed by atoms with Gasteiger partial charge in [-0.15, -0.1) is 11.3 Å². The van der Waals surface area contributed by atoms with Crippen molar-refractivity contribution in [3.05, 3.63) is 16.6 Å². The van der Waals surface area contributed by atoms with Crippen LogP contribution in [0.5, 0.6) is 0 Å². The summed E-state index contributed by atoms with van der Waals surface area (Å²) < 4.78 is 0. The molecule has 1 aromatic heterocycles. The van der Waals surface area contributed by atoms with Crippen LogP contribution in [0.4, 0.5) is 0 Å². The fraction of sp³-hybridized carbons (Fsp3) is 0.333. The van der Waals surface area contributed by atoms with Crippen LogP contribution in [0, 0.1) is 0 Å². The molecule has 1 aromatic rings. The van der Waals surface area contributed by atoms with Gasteiger partial charge in [0, 0.05) is 18.0 Å². The lowest BCUT2D eigenvalue weighted by Crippen LogP contribution is -2.23. The van der Waals surface area contributed by atoms with E-state index >= 15 is 0 Å². The fourth-order valence-electron chi connectivity index (χ4n) is 0.604. The molecule has 0 amide bonds. The van der Waals surface area contributed by atoms with Gasteiger partial charge in [-0.3, -0.25) is 0 Å². The molecule has 10 heavy (non-hydrogen) atoms. The van der Waals surface area contributed by atoms with Gasteiger partial charge in [-0.2, -0.15) is 0 Å². The third kappa shape index (κ3) is 1.89. The lowest BCUT2D eigenvalue weighted by molar-refractivity contribution is -0.108. The van der Waals surface area contributed by atoms with Crippen molar-refractivity contribution in [2.24, 2.45) is 5.73 Å². The summed E-state index contributed by atoms with van der Waals surface area (Å²) in [5.41, 5.74) is 5.36. The van der Waals surface area contributed by atoms with E-state index in [1.807, 2.05) is 5.38 Å². The van der Waals surface area contributed by atoms with Crippen LogP contribution < -0.4 is 5.73 Å². The summed E-state index contributed by atoms with van der Waals surface area (Å²) in [6.07, 6.45) is 3.00. The Balaban J connectivity index is 2.47. The van der Waals surface area contributed by atoms with Crippen molar-refractivity contribution in [2.45, 2.75) is 12.5 Å². The highest BCUT2D eigenvalue weighted by atomic mass is 32.1. The molecule has 4 heteroatoms. The van der Waals surface area contributed by atoms with Gasteiger partial charge in [-0.1, -0.05) is 0 Å². The number of aldehydes is 1. The normalized spacial score (nSPS) is 12.9. The van der Waals surface area contributed by atoms with E-state index in [1.54, 1.807) is 6.20 Å². The first-order chi connectivity index (χ1) is 4.83. The van der Waals surface area contributed by atoms with Crippen molar-refractivity contribution in [3.8, 4) is 0 Å². The quantitative estimate of drug-likeness (QED) is 0.636. The van der Waals surface area contributed by atoms with Crippen LogP contribution in [0.2, 0.25) is 0 Å². The van der Waals surface area contributed by atoms with Gasteiger partial charge in [-0.25, -0.2) is 4.98 Å². The van der Waals surface area contributed by atoms with Crippen LogP contribution in [0.25, 0.3) is 0 Å². The summed E-state index contributed by atoms with van der Waals surface area (Å²) >= 11 is 1.52. The highest BCUT2D eigenvalue weighted by Crippen LogP contribution is 2.04. The lowest BCUT2D eigenvalue weighted by Gasteiger charge is -1.96. The zero-order chi connectivity index (χ0) is 7.40. The molecule has 3 nitrogen and oxygen atoms in total. The topological polar surface area (TPSA) is 56.0 Å². The number of hydrogen-bond acceptors (Lipinski definition) is 4. The first kappa shape index (κ1) is 7.37. The fourth-order valence-corrected chi connectivity index (χ4v) is 1.29. The maximum Gasteiger partial charge on any atom is 0.137 e. The van der Waals surface area contributed by atoms with Gasteiger partial charge in [0.1, 0.15) is 6.29 Å². The summed E-state index contributed by atoms with van der Waals surface area (Å²) in [5.74, 6) is 0. The lowest BCUT2D eigenvalue weighted by atomic mass is 10.2. The zero-order valence-electron chi connectivity index (χ0n) is 5.36. The molecule has 0 saturated carbocycles. The molecule has 1 heterocycles. The van der Waals surface area contributed by atoms with Crippen LogP contribution in [-0.2, 0) is 11.2 Å². The second-order valence-corrected chi connectivity index (χ2v) is 2.91. The number of hydrogen-bond donors (Lipinski definition) is 1. The summed E-state index contributed by atoms with van der Waals surface area (Å²) in [7, 11) is 0. The van der Waals surface area contributed by atoms with Crippen LogP contribution in [0.15, 0.2) is 11.6 Å². The maximum atomic E-state index is 10.1. The predicted octanol–water partition coefficient (Wildman–Crippen LogP) is 0.212. The third-order valence-corrected chi connectivity index (χ3v) is 1.87. The van der Waals surface area contributed by atoms with Gasteiger partial charge in [0.25, 0.3) is 0 Å².